The Morgan fingerprint density at radius 1 is 0.538 bits per heavy atom. The molecule has 0 spiro atoms. The van der Waals surface area contributed by atoms with Gasteiger partial charge in [-0.25, -0.2) is 0 Å². The number of esters is 3. The first-order chi connectivity index (χ1) is 24.3. The first-order valence-corrected chi connectivity index (χ1v) is 20.7. The van der Waals surface area contributed by atoms with Crippen molar-refractivity contribution in [2.24, 2.45) is 0 Å². The van der Waals surface area contributed by atoms with Crippen LogP contribution in [0.25, 0.3) is 0 Å². The lowest BCUT2D eigenvalue weighted by Crippen LogP contribution is -2.46. The van der Waals surface area contributed by atoms with Crippen molar-refractivity contribution < 1.29 is 33.4 Å². The Kier molecular flexibility index (Phi) is 27.1. The van der Waals surface area contributed by atoms with E-state index in [1.165, 1.54) is 83.5 Å². The number of unbranched alkanes of at least 4 members (excludes halogenated alkanes) is 15. The molecule has 0 aromatic heterocycles. The molecule has 0 unspecified atom stereocenters. The first kappa shape index (κ1) is 49.8. The number of nitrogens with one attached hydrogen (secondary N) is 2. The summed E-state index contributed by atoms with van der Waals surface area (Å²) < 4.78 is 16.6. The lowest BCUT2D eigenvalue weighted by molar-refractivity contribution is -0.161. The minimum absolute atomic E-state index is 0.0889. The van der Waals surface area contributed by atoms with Crippen LogP contribution in [0.5, 0.6) is 0 Å². The second kappa shape index (κ2) is 28.3. The van der Waals surface area contributed by atoms with E-state index in [1.807, 2.05) is 20.8 Å². The largest absolute Gasteiger partial charge is 0.459 e. The number of carbonyl (C=O) groups excluding carboxylic acids is 4. The van der Waals surface area contributed by atoms with Crippen molar-refractivity contribution in [3.05, 3.63) is 0 Å². The number of rotatable bonds is 30. The molecule has 0 heterocycles. The molecule has 0 aromatic rings. The van der Waals surface area contributed by atoms with Gasteiger partial charge in [-0.3, -0.25) is 24.1 Å². The van der Waals surface area contributed by atoms with E-state index < -0.39 is 34.8 Å². The van der Waals surface area contributed by atoms with Crippen LogP contribution < -0.4 is 10.6 Å². The van der Waals surface area contributed by atoms with Gasteiger partial charge >= 0.3 is 17.9 Å². The summed E-state index contributed by atoms with van der Waals surface area (Å²) in [4.78, 5) is 52.3. The van der Waals surface area contributed by atoms with Gasteiger partial charge in [-0.1, -0.05) is 96.8 Å². The molecule has 0 aliphatic rings. The van der Waals surface area contributed by atoms with Crippen molar-refractivity contribution in [1.82, 2.24) is 15.5 Å². The van der Waals surface area contributed by atoms with Gasteiger partial charge in [-0.15, -0.1) is 0 Å². The summed E-state index contributed by atoms with van der Waals surface area (Å²) in [7, 11) is 0. The SMILES string of the molecule is CCCCCCCCCCCCCCCCCC(=O)NCCCC[C@H](NCCN(CC(=O)OC(C)(C)C)CC(=O)OC(C)(C)C)C(=O)OC(C)(C)C. The van der Waals surface area contributed by atoms with E-state index in [1.54, 1.807) is 46.4 Å². The number of ether oxygens (including phenoxy) is 3. The van der Waals surface area contributed by atoms with Crippen molar-refractivity contribution in [2.75, 3.05) is 32.7 Å². The minimum atomic E-state index is -0.653. The molecule has 0 saturated heterocycles. The van der Waals surface area contributed by atoms with Crippen molar-refractivity contribution >= 4 is 23.8 Å². The third-order valence-electron chi connectivity index (χ3n) is 8.30. The smallest absolute Gasteiger partial charge is 0.323 e. The molecular weight excluding hydrogens is 658 g/mol. The van der Waals surface area contributed by atoms with Gasteiger partial charge in [-0.2, -0.15) is 0 Å². The lowest BCUT2D eigenvalue weighted by Gasteiger charge is -2.28. The first-order valence-electron chi connectivity index (χ1n) is 20.7. The van der Waals surface area contributed by atoms with Crippen LogP contribution in [-0.2, 0) is 33.4 Å². The molecule has 0 fully saturated rings. The molecule has 52 heavy (non-hydrogen) atoms. The summed E-state index contributed by atoms with van der Waals surface area (Å²) in [5.41, 5.74) is -1.95. The van der Waals surface area contributed by atoms with Gasteiger partial charge in [0, 0.05) is 26.1 Å². The fourth-order valence-electron chi connectivity index (χ4n) is 5.85. The molecule has 0 radical (unpaired) electrons. The van der Waals surface area contributed by atoms with Crippen LogP contribution in [-0.4, -0.2) is 84.3 Å². The Morgan fingerprint density at radius 3 is 1.38 bits per heavy atom. The van der Waals surface area contributed by atoms with Gasteiger partial charge in [0.15, 0.2) is 0 Å². The Hall–Kier alpha value is -2.20. The van der Waals surface area contributed by atoms with Crippen LogP contribution >= 0.6 is 0 Å². The zero-order valence-electron chi connectivity index (χ0n) is 35.4. The summed E-state index contributed by atoms with van der Waals surface area (Å²) in [6.07, 6.45) is 22.1. The van der Waals surface area contributed by atoms with Crippen molar-refractivity contribution in [3.63, 3.8) is 0 Å². The maximum atomic E-state index is 13.1. The second-order valence-corrected chi connectivity index (χ2v) is 17.5. The average Bonchev–Trinajstić information content (AvgIpc) is 2.99. The number of nitrogens with zero attached hydrogens (tertiary/aromatic N) is 1. The molecule has 306 valence electrons. The number of hydrogen-bond acceptors (Lipinski definition) is 9. The molecule has 0 rings (SSSR count). The number of carbonyl (C=O) groups is 4. The molecule has 0 aliphatic carbocycles. The van der Waals surface area contributed by atoms with E-state index in [2.05, 4.69) is 17.6 Å². The molecule has 1 atom stereocenters. The fraction of sp³-hybridized carbons (Fsp3) is 0.905. The van der Waals surface area contributed by atoms with E-state index in [0.29, 0.717) is 32.5 Å². The molecule has 0 saturated carbocycles. The number of hydrogen-bond donors (Lipinski definition) is 2. The zero-order valence-corrected chi connectivity index (χ0v) is 35.4. The Labute approximate surface area is 319 Å². The highest BCUT2D eigenvalue weighted by atomic mass is 16.6. The molecular formula is C42H81N3O7. The van der Waals surface area contributed by atoms with E-state index in [0.717, 1.165) is 25.7 Å². The molecule has 0 bridgehead atoms. The van der Waals surface area contributed by atoms with Crippen LogP contribution in [0.15, 0.2) is 0 Å². The maximum absolute atomic E-state index is 13.1. The predicted octanol–water partition coefficient (Wildman–Crippen LogP) is 8.82. The minimum Gasteiger partial charge on any atom is -0.459 e. The third kappa shape index (κ3) is 33.6. The van der Waals surface area contributed by atoms with Gasteiger partial charge in [0.25, 0.3) is 0 Å². The van der Waals surface area contributed by atoms with Crippen LogP contribution in [0.3, 0.4) is 0 Å². The zero-order chi connectivity index (χ0) is 39.5. The standard InChI is InChI=1S/C42H81N3O7/c1-11-12-13-14-15-16-17-18-19-20-21-22-23-24-25-29-36(46)44-30-27-26-28-35(39(49)52-42(8,9)10)43-31-32-45(33-37(47)50-40(2,3)4)34-38(48)51-41(5,6)7/h35,43H,11-34H2,1-10H3,(H,44,46)/t35-/m0/s1. The summed E-state index contributed by atoms with van der Waals surface area (Å²) >= 11 is 0. The molecule has 2 N–H and O–H groups in total. The van der Waals surface area contributed by atoms with E-state index in [4.69, 9.17) is 14.2 Å². The highest BCUT2D eigenvalue weighted by Gasteiger charge is 2.26. The van der Waals surface area contributed by atoms with Crippen molar-refractivity contribution in [2.45, 2.75) is 214 Å². The predicted molar refractivity (Wildman–Crippen MR) is 212 cm³/mol. The topological polar surface area (TPSA) is 123 Å². The van der Waals surface area contributed by atoms with E-state index in [-0.39, 0.29) is 25.0 Å². The number of amides is 1. The summed E-state index contributed by atoms with van der Waals surface area (Å²) in [5.74, 6) is -1.15. The summed E-state index contributed by atoms with van der Waals surface area (Å²) in [6, 6.07) is -0.569. The average molecular weight is 740 g/mol. The fourth-order valence-corrected chi connectivity index (χ4v) is 5.85. The Morgan fingerprint density at radius 2 is 0.962 bits per heavy atom. The maximum Gasteiger partial charge on any atom is 0.323 e. The van der Waals surface area contributed by atoms with Crippen LogP contribution in [0.1, 0.15) is 191 Å². The molecule has 0 aliphatic heterocycles. The van der Waals surface area contributed by atoms with Crippen molar-refractivity contribution in [3.8, 4) is 0 Å². The van der Waals surface area contributed by atoms with E-state index in [9.17, 15) is 19.2 Å². The van der Waals surface area contributed by atoms with Gasteiger partial charge in [0.1, 0.15) is 22.8 Å². The van der Waals surface area contributed by atoms with Crippen LogP contribution in [0, 0.1) is 0 Å². The van der Waals surface area contributed by atoms with Crippen LogP contribution in [0.4, 0.5) is 0 Å². The summed E-state index contributed by atoms with van der Waals surface area (Å²) in [6.45, 7) is 19.6. The third-order valence-corrected chi connectivity index (χ3v) is 8.30. The normalized spacial score (nSPS) is 12.8. The Bertz CT molecular complexity index is 936. The molecule has 10 heteroatoms. The Balaban J connectivity index is 4.52. The summed E-state index contributed by atoms with van der Waals surface area (Å²) in [5, 5.41) is 6.31. The molecule has 1 amide bonds. The van der Waals surface area contributed by atoms with Crippen LogP contribution in [0.2, 0.25) is 0 Å². The van der Waals surface area contributed by atoms with E-state index >= 15 is 0 Å². The lowest BCUT2D eigenvalue weighted by atomic mass is 10.0. The van der Waals surface area contributed by atoms with Crippen molar-refractivity contribution in [1.29, 1.82) is 0 Å². The molecule has 10 nitrogen and oxygen atoms in total. The monoisotopic (exact) mass is 740 g/mol. The van der Waals surface area contributed by atoms with Gasteiger partial charge in [0.2, 0.25) is 5.91 Å². The molecule has 0 aromatic carbocycles. The highest BCUT2D eigenvalue weighted by Crippen LogP contribution is 2.15. The highest BCUT2D eigenvalue weighted by molar-refractivity contribution is 5.77. The van der Waals surface area contributed by atoms with Gasteiger partial charge in [-0.05, 0) is 88.0 Å². The van der Waals surface area contributed by atoms with Gasteiger partial charge in [0.05, 0.1) is 13.1 Å². The second-order valence-electron chi connectivity index (χ2n) is 17.5. The van der Waals surface area contributed by atoms with Gasteiger partial charge < -0.3 is 24.8 Å². The quantitative estimate of drug-likeness (QED) is 0.0423.